The smallest absolute Gasteiger partial charge is 0.253 e. The minimum absolute atomic E-state index is 0.0172. The van der Waals surface area contributed by atoms with Crippen LogP contribution in [0, 0.1) is 5.82 Å². The first kappa shape index (κ1) is 31.0. The van der Waals surface area contributed by atoms with Crippen LogP contribution in [-0.2, 0) is 11.3 Å². The largest absolute Gasteiger partial charge is 0.497 e. The summed E-state index contributed by atoms with van der Waals surface area (Å²) in [6, 6.07) is 24.0. The van der Waals surface area contributed by atoms with Crippen LogP contribution < -0.4 is 14.8 Å². The van der Waals surface area contributed by atoms with Gasteiger partial charge in [-0.05, 0) is 71.6 Å². The number of rotatable bonds is 11. The Morgan fingerprint density at radius 3 is 2.48 bits per heavy atom. The number of methoxy groups -OCH3 is 2. The van der Waals surface area contributed by atoms with Crippen LogP contribution in [0.25, 0.3) is 5.69 Å². The summed E-state index contributed by atoms with van der Waals surface area (Å²) >= 11 is 2.77. The number of hydrogen-bond acceptors (Lipinski definition) is 9. The third-order valence-electron chi connectivity index (χ3n) is 7.32. The lowest BCUT2D eigenvalue weighted by Crippen LogP contribution is -2.28. The third kappa shape index (κ3) is 6.80. The number of ether oxygens (including phenoxy) is 2. The van der Waals surface area contributed by atoms with Crippen molar-refractivity contribution in [2.24, 2.45) is 5.10 Å². The van der Waals surface area contributed by atoms with E-state index in [4.69, 9.17) is 14.6 Å². The molecule has 0 spiro atoms. The molecule has 0 saturated carbocycles. The van der Waals surface area contributed by atoms with Gasteiger partial charge >= 0.3 is 0 Å². The number of hydrazone groups is 1. The Hall–Kier alpha value is -5.01. The summed E-state index contributed by atoms with van der Waals surface area (Å²) in [6.07, 6.45) is 0.576. The lowest BCUT2D eigenvalue weighted by molar-refractivity contribution is -0.130. The van der Waals surface area contributed by atoms with E-state index >= 15 is 0 Å². The molecule has 3 aromatic carbocycles. The Balaban J connectivity index is 1.23. The number of amides is 2. The minimum atomic E-state index is -0.396. The summed E-state index contributed by atoms with van der Waals surface area (Å²) in [5, 5.41) is 20.2. The van der Waals surface area contributed by atoms with Crippen molar-refractivity contribution in [3.8, 4) is 17.2 Å². The van der Waals surface area contributed by atoms with Crippen molar-refractivity contribution < 1.29 is 23.5 Å². The number of thiophene rings is 1. The molecule has 13 heteroatoms. The van der Waals surface area contributed by atoms with Gasteiger partial charge in [0.05, 0.1) is 43.1 Å². The molecule has 1 N–H and O–H groups in total. The number of thioether (sulfide) groups is 1. The highest BCUT2D eigenvalue weighted by molar-refractivity contribution is 7.99. The normalized spacial score (nSPS) is 14.2. The third-order valence-corrected chi connectivity index (χ3v) is 9.15. The lowest BCUT2D eigenvalue weighted by atomic mass is 10.0. The van der Waals surface area contributed by atoms with Crippen molar-refractivity contribution >= 4 is 40.6 Å². The summed E-state index contributed by atoms with van der Waals surface area (Å²) in [4.78, 5) is 27.7. The van der Waals surface area contributed by atoms with Gasteiger partial charge in [-0.1, -0.05) is 36.0 Å². The average molecular weight is 657 g/mol. The average Bonchev–Trinajstić information content (AvgIpc) is 3.87. The highest BCUT2D eigenvalue weighted by Gasteiger charge is 2.33. The molecule has 0 aliphatic carbocycles. The second-order valence-electron chi connectivity index (χ2n) is 10.2. The Morgan fingerprint density at radius 2 is 1.76 bits per heavy atom. The summed E-state index contributed by atoms with van der Waals surface area (Å²) < 4.78 is 26.1. The van der Waals surface area contributed by atoms with E-state index in [2.05, 4.69) is 15.5 Å². The number of nitrogens with zero attached hydrogens (tertiary/aromatic N) is 5. The summed E-state index contributed by atoms with van der Waals surface area (Å²) in [6.45, 7) is 0.0368. The Kier molecular flexibility index (Phi) is 9.41. The fraction of sp³-hybridized carbons (Fsp3) is 0.182. The first-order valence-corrected chi connectivity index (χ1v) is 16.1. The van der Waals surface area contributed by atoms with E-state index in [1.165, 1.54) is 36.0 Å². The maximum Gasteiger partial charge on any atom is 0.253 e. The van der Waals surface area contributed by atoms with Crippen LogP contribution in [0.4, 0.5) is 4.39 Å². The van der Waals surface area contributed by atoms with E-state index in [1.54, 1.807) is 59.4 Å². The number of carbonyl (C=O) groups excluding carboxylic acids is 2. The minimum Gasteiger partial charge on any atom is -0.497 e. The van der Waals surface area contributed by atoms with Crippen LogP contribution in [0.2, 0.25) is 0 Å². The number of benzene rings is 3. The van der Waals surface area contributed by atoms with Gasteiger partial charge in [0.25, 0.3) is 11.8 Å². The lowest BCUT2D eigenvalue weighted by Gasteiger charge is -2.22. The quantitative estimate of drug-likeness (QED) is 0.177. The van der Waals surface area contributed by atoms with Gasteiger partial charge in [-0.3, -0.25) is 14.2 Å². The maximum atomic E-state index is 13.8. The van der Waals surface area contributed by atoms with Crippen LogP contribution in [0.5, 0.6) is 11.5 Å². The summed E-state index contributed by atoms with van der Waals surface area (Å²) in [7, 11) is 3.14. The molecule has 6 rings (SSSR count). The van der Waals surface area contributed by atoms with E-state index in [9.17, 15) is 14.0 Å². The van der Waals surface area contributed by atoms with Gasteiger partial charge in [0, 0.05) is 17.7 Å². The molecule has 0 fully saturated rings. The van der Waals surface area contributed by atoms with Crippen LogP contribution >= 0.6 is 23.1 Å². The molecule has 10 nitrogen and oxygen atoms in total. The molecule has 46 heavy (non-hydrogen) atoms. The fourth-order valence-corrected chi connectivity index (χ4v) is 6.54. The van der Waals surface area contributed by atoms with Crippen molar-refractivity contribution in [2.75, 3.05) is 20.0 Å². The molecule has 234 valence electrons. The second kappa shape index (κ2) is 14.0. The van der Waals surface area contributed by atoms with E-state index in [1.807, 2.05) is 41.8 Å². The number of carbonyl (C=O) groups is 2. The molecule has 5 aromatic rings. The molecule has 0 bridgehead atoms. The molecule has 0 unspecified atom stereocenters. The molecule has 2 aromatic heterocycles. The molecule has 0 radical (unpaired) electrons. The summed E-state index contributed by atoms with van der Waals surface area (Å²) in [5.41, 5.74) is 2.80. The number of nitrogens with one attached hydrogen (secondary N) is 1. The first-order valence-electron chi connectivity index (χ1n) is 14.3. The Labute approximate surface area is 272 Å². The van der Waals surface area contributed by atoms with Gasteiger partial charge in [0.15, 0.2) is 11.0 Å². The van der Waals surface area contributed by atoms with Crippen LogP contribution in [0.1, 0.15) is 39.1 Å². The van der Waals surface area contributed by atoms with Crippen molar-refractivity contribution in [2.45, 2.75) is 24.2 Å². The van der Waals surface area contributed by atoms with Gasteiger partial charge in [-0.15, -0.1) is 21.5 Å². The van der Waals surface area contributed by atoms with Crippen molar-refractivity contribution in [1.82, 2.24) is 25.1 Å². The van der Waals surface area contributed by atoms with Crippen LogP contribution in [0.3, 0.4) is 0 Å². The number of hydrogen-bond donors (Lipinski definition) is 1. The van der Waals surface area contributed by atoms with Crippen molar-refractivity contribution in [3.63, 3.8) is 0 Å². The first-order chi connectivity index (χ1) is 22.4. The molecular weight excluding hydrogens is 628 g/mol. The molecular formula is C33H29FN6O4S2. The highest BCUT2D eigenvalue weighted by atomic mass is 32.2. The highest BCUT2D eigenvalue weighted by Crippen LogP contribution is 2.35. The van der Waals surface area contributed by atoms with E-state index in [0.717, 1.165) is 21.9 Å². The summed E-state index contributed by atoms with van der Waals surface area (Å²) in [5.74, 6) is 0.785. The van der Waals surface area contributed by atoms with Crippen molar-refractivity contribution in [1.29, 1.82) is 0 Å². The molecule has 1 aliphatic rings. The predicted molar refractivity (Wildman–Crippen MR) is 174 cm³/mol. The Morgan fingerprint density at radius 1 is 0.978 bits per heavy atom. The Bertz CT molecular complexity index is 1860. The van der Waals surface area contributed by atoms with E-state index < -0.39 is 5.82 Å². The topological polar surface area (TPSA) is 111 Å². The number of aromatic nitrogens is 3. The van der Waals surface area contributed by atoms with E-state index in [-0.39, 0.29) is 30.2 Å². The monoisotopic (exact) mass is 656 g/mol. The standard InChI is InChI=1S/C33H29FN6O4S2/c1-43-25-14-8-21(9-15-25)28-18-27(29-7-4-16-45-29)38-40(28)31(41)20-46-33-37-36-30(39(33)24-12-10-23(34)11-13-24)19-35-32(42)22-5-3-6-26(17-22)44-2/h3-17,28H,18-20H2,1-2H3,(H,35,42)/t28-/m1/s1. The zero-order valence-electron chi connectivity index (χ0n) is 24.9. The van der Waals surface area contributed by atoms with Crippen LogP contribution in [0.15, 0.2) is 101 Å². The zero-order chi connectivity index (χ0) is 32.0. The SMILES string of the molecule is COc1ccc([C@H]2CC(c3cccs3)=NN2C(=O)CSc2nnc(CNC(=O)c3cccc(OC)c3)n2-c2ccc(F)cc2)cc1. The van der Waals surface area contributed by atoms with Gasteiger partial charge in [-0.2, -0.15) is 5.10 Å². The van der Waals surface area contributed by atoms with Gasteiger partial charge < -0.3 is 14.8 Å². The molecule has 0 saturated heterocycles. The molecule has 3 heterocycles. The van der Waals surface area contributed by atoms with Crippen LogP contribution in [-0.4, -0.2) is 57.3 Å². The molecule has 1 aliphatic heterocycles. The van der Waals surface area contributed by atoms with E-state index in [0.29, 0.717) is 34.4 Å². The molecule has 2 amide bonds. The molecule has 1 atom stereocenters. The van der Waals surface area contributed by atoms with Crippen molar-refractivity contribution in [3.05, 3.63) is 118 Å². The number of halogens is 1. The predicted octanol–water partition coefficient (Wildman–Crippen LogP) is 5.89. The van der Waals surface area contributed by atoms with Gasteiger partial charge in [0.1, 0.15) is 17.3 Å². The van der Waals surface area contributed by atoms with Gasteiger partial charge in [-0.25, -0.2) is 9.40 Å². The second-order valence-corrected chi connectivity index (χ2v) is 12.1. The zero-order valence-corrected chi connectivity index (χ0v) is 26.6. The maximum absolute atomic E-state index is 13.8. The van der Waals surface area contributed by atoms with Gasteiger partial charge in [0.2, 0.25) is 0 Å². The fourth-order valence-electron chi connectivity index (χ4n) is 4.99.